The molecule has 1 fully saturated rings. The Morgan fingerprint density at radius 2 is 2.26 bits per heavy atom. The molecule has 0 bridgehead atoms. The summed E-state index contributed by atoms with van der Waals surface area (Å²) in [5, 5.41) is 3.69. The molecule has 1 aliphatic carbocycles. The van der Waals surface area contributed by atoms with E-state index >= 15 is 0 Å². The van der Waals surface area contributed by atoms with Crippen molar-refractivity contribution in [3.05, 3.63) is 23.8 Å². The molecule has 0 atom stereocenters. The Kier molecular flexibility index (Phi) is 5.25. The molecule has 0 aromatic heterocycles. The van der Waals surface area contributed by atoms with E-state index in [1.807, 2.05) is 25.1 Å². The van der Waals surface area contributed by atoms with Crippen LogP contribution in [-0.4, -0.2) is 12.5 Å². The Bertz CT molecular complexity index is 444. The quantitative estimate of drug-likeness (QED) is 0.799. The second-order valence-electron chi connectivity index (χ2n) is 4.94. The van der Waals surface area contributed by atoms with Crippen LogP contribution in [0.1, 0.15) is 38.2 Å². The van der Waals surface area contributed by atoms with Gasteiger partial charge in [0.25, 0.3) is 0 Å². The first kappa shape index (κ1) is 14.4. The number of carbonyl (C=O) groups excluding carboxylic acids is 1. The highest BCUT2D eigenvalue weighted by molar-refractivity contribution is 9.08. The summed E-state index contributed by atoms with van der Waals surface area (Å²) in [5.74, 6) is 1.59. The molecule has 0 heterocycles. The lowest BCUT2D eigenvalue weighted by molar-refractivity contribution is -0.117. The van der Waals surface area contributed by atoms with Gasteiger partial charge in [0, 0.05) is 23.0 Å². The lowest BCUT2D eigenvalue weighted by Crippen LogP contribution is -2.20. The van der Waals surface area contributed by atoms with Gasteiger partial charge in [-0.25, -0.2) is 0 Å². The van der Waals surface area contributed by atoms with Crippen LogP contribution >= 0.6 is 15.9 Å². The molecule has 1 aliphatic rings. The zero-order chi connectivity index (χ0) is 13.7. The van der Waals surface area contributed by atoms with Gasteiger partial charge >= 0.3 is 0 Å². The van der Waals surface area contributed by atoms with Crippen molar-refractivity contribution in [1.82, 2.24) is 0 Å². The second kappa shape index (κ2) is 6.94. The molecule has 2 rings (SSSR count). The predicted octanol–water partition coefficient (Wildman–Crippen LogP) is 4.11. The lowest BCUT2D eigenvalue weighted by atomic mass is 9.83. The van der Waals surface area contributed by atoms with Gasteiger partial charge in [-0.3, -0.25) is 4.79 Å². The van der Waals surface area contributed by atoms with E-state index in [9.17, 15) is 4.79 Å². The van der Waals surface area contributed by atoms with E-state index < -0.39 is 0 Å². The molecule has 1 aromatic rings. The van der Waals surface area contributed by atoms with Gasteiger partial charge < -0.3 is 10.1 Å². The number of hydrogen-bond donors (Lipinski definition) is 1. The molecule has 0 spiro atoms. The largest absolute Gasteiger partial charge is 0.494 e. The van der Waals surface area contributed by atoms with Crippen LogP contribution < -0.4 is 10.1 Å². The molecule has 1 N–H and O–H groups in total. The first-order valence-corrected chi connectivity index (χ1v) is 7.96. The van der Waals surface area contributed by atoms with Gasteiger partial charge in [0.15, 0.2) is 0 Å². The van der Waals surface area contributed by atoms with Crippen LogP contribution in [0, 0.1) is 5.92 Å². The number of rotatable bonds is 6. The average Bonchev–Trinajstić information content (AvgIpc) is 2.36. The number of benzene rings is 1. The van der Waals surface area contributed by atoms with Crippen molar-refractivity contribution in [2.75, 3.05) is 11.9 Å². The minimum absolute atomic E-state index is 0.120. The lowest BCUT2D eigenvalue weighted by Gasteiger charge is -2.24. The monoisotopic (exact) mass is 325 g/mol. The number of hydrogen-bond acceptors (Lipinski definition) is 2. The van der Waals surface area contributed by atoms with Crippen molar-refractivity contribution in [2.45, 2.75) is 37.9 Å². The molecule has 1 saturated carbocycles. The van der Waals surface area contributed by atoms with E-state index in [2.05, 4.69) is 21.2 Å². The number of carbonyl (C=O) groups is 1. The Morgan fingerprint density at radius 1 is 1.47 bits per heavy atom. The third kappa shape index (κ3) is 3.96. The van der Waals surface area contributed by atoms with E-state index in [4.69, 9.17) is 4.74 Å². The molecular formula is C15H20BrNO2. The minimum Gasteiger partial charge on any atom is -0.494 e. The number of nitrogens with one attached hydrogen (secondary N) is 1. The number of alkyl halides is 1. The van der Waals surface area contributed by atoms with Gasteiger partial charge in [-0.15, -0.1) is 0 Å². The van der Waals surface area contributed by atoms with Crippen LogP contribution in [0.3, 0.4) is 0 Å². The van der Waals surface area contributed by atoms with Crippen molar-refractivity contribution in [2.24, 2.45) is 5.92 Å². The summed E-state index contributed by atoms with van der Waals surface area (Å²) >= 11 is 3.45. The number of ether oxygens (including phenoxy) is 1. The summed E-state index contributed by atoms with van der Waals surface area (Å²) in [6.45, 7) is 2.61. The van der Waals surface area contributed by atoms with Crippen molar-refractivity contribution in [3.8, 4) is 5.75 Å². The summed E-state index contributed by atoms with van der Waals surface area (Å²) in [4.78, 5) is 11.9. The molecule has 4 heteroatoms. The summed E-state index contributed by atoms with van der Waals surface area (Å²) < 4.78 is 5.54. The molecule has 0 unspecified atom stereocenters. The van der Waals surface area contributed by atoms with Gasteiger partial charge in [0.1, 0.15) is 5.75 Å². The molecule has 0 aliphatic heterocycles. The average molecular weight is 326 g/mol. The van der Waals surface area contributed by atoms with Crippen LogP contribution in [0.15, 0.2) is 18.2 Å². The third-order valence-corrected chi connectivity index (χ3v) is 4.09. The zero-order valence-corrected chi connectivity index (χ0v) is 12.8. The SMILES string of the molecule is CCOc1ccc(NC(=O)CC2CCC2)cc1CBr. The van der Waals surface area contributed by atoms with Crippen molar-refractivity contribution < 1.29 is 9.53 Å². The number of halogens is 1. The van der Waals surface area contributed by atoms with Crippen LogP contribution in [0.4, 0.5) is 5.69 Å². The van der Waals surface area contributed by atoms with Gasteiger partial charge in [-0.05, 0) is 43.9 Å². The Balaban J connectivity index is 1.97. The molecule has 0 radical (unpaired) electrons. The van der Waals surface area contributed by atoms with Crippen LogP contribution in [0.5, 0.6) is 5.75 Å². The highest BCUT2D eigenvalue weighted by atomic mass is 79.9. The molecule has 0 saturated heterocycles. The fourth-order valence-corrected chi connectivity index (χ4v) is 2.67. The van der Waals surface area contributed by atoms with Crippen LogP contribution in [-0.2, 0) is 10.1 Å². The van der Waals surface area contributed by atoms with Gasteiger partial charge in [0.05, 0.1) is 6.61 Å². The maximum Gasteiger partial charge on any atom is 0.224 e. The molecule has 19 heavy (non-hydrogen) atoms. The maximum atomic E-state index is 11.9. The molecular weight excluding hydrogens is 306 g/mol. The van der Waals surface area contributed by atoms with Crippen molar-refractivity contribution >= 4 is 27.5 Å². The smallest absolute Gasteiger partial charge is 0.224 e. The normalized spacial score (nSPS) is 14.8. The summed E-state index contributed by atoms with van der Waals surface area (Å²) in [6, 6.07) is 5.79. The van der Waals surface area contributed by atoms with Crippen molar-refractivity contribution in [1.29, 1.82) is 0 Å². The maximum absolute atomic E-state index is 11.9. The number of anilines is 1. The standard InChI is InChI=1S/C15H20BrNO2/c1-2-19-14-7-6-13(9-12(14)10-16)17-15(18)8-11-4-3-5-11/h6-7,9,11H,2-5,8,10H2,1H3,(H,17,18). The van der Waals surface area contributed by atoms with E-state index in [0.717, 1.165) is 17.0 Å². The first-order valence-electron chi connectivity index (χ1n) is 6.84. The van der Waals surface area contributed by atoms with E-state index in [0.29, 0.717) is 24.3 Å². The topological polar surface area (TPSA) is 38.3 Å². The Morgan fingerprint density at radius 3 is 2.84 bits per heavy atom. The van der Waals surface area contributed by atoms with Crippen LogP contribution in [0.25, 0.3) is 0 Å². The van der Waals surface area contributed by atoms with E-state index in [-0.39, 0.29) is 5.91 Å². The summed E-state index contributed by atoms with van der Waals surface area (Å²) in [7, 11) is 0. The van der Waals surface area contributed by atoms with E-state index in [1.54, 1.807) is 0 Å². The van der Waals surface area contributed by atoms with Gasteiger partial charge in [0.2, 0.25) is 5.91 Å². The Hall–Kier alpha value is -1.03. The van der Waals surface area contributed by atoms with Crippen molar-refractivity contribution in [3.63, 3.8) is 0 Å². The summed E-state index contributed by atoms with van der Waals surface area (Å²) in [6.07, 6.45) is 4.32. The molecule has 104 valence electrons. The second-order valence-corrected chi connectivity index (χ2v) is 5.50. The van der Waals surface area contributed by atoms with Gasteiger partial charge in [-0.1, -0.05) is 22.4 Å². The summed E-state index contributed by atoms with van der Waals surface area (Å²) in [5.41, 5.74) is 1.91. The molecule has 1 amide bonds. The molecule has 3 nitrogen and oxygen atoms in total. The highest BCUT2D eigenvalue weighted by Crippen LogP contribution is 2.30. The third-order valence-electron chi connectivity index (χ3n) is 3.49. The minimum atomic E-state index is 0.120. The predicted molar refractivity (Wildman–Crippen MR) is 80.8 cm³/mol. The first-order chi connectivity index (χ1) is 9.22. The highest BCUT2D eigenvalue weighted by Gasteiger charge is 2.20. The molecule has 1 aromatic carbocycles. The van der Waals surface area contributed by atoms with Gasteiger partial charge in [-0.2, -0.15) is 0 Å². The Labute approximate surface area is 122 Å². The van der Waals surface area contributed by atoms with Crippen LogP contribution in [0.2, 0.25) is 0 Å². The zero-order valence-electron chi connectivity index (χ0n) is 11.2. The number of amides is 1. The fraction of sp³-hybridized carbons (Fsp3) is 0.533. The van der Waals surface area contributed by atoms with E-state index in [1.165, 1.54) is 19.3 Å². The fourth-order valence-electron chi connectivity index (χ4n) is 2.23.